The number of nitrogens with zero attached hydrogens (tertiary/aromatic N) is 1. The summed E-state index contributed by atoms with van der Waals surface area (Å²) in [4.78, 5) is 16.5. The minimum Gasteiger partial charge on any atom is -0.437 e. The van der Waals surface area contributed by atoms with Crippen LogP contribution >= 0.6 is 23.2 Å². The molecule has 8 heteroatoms. The molecule has 30 heavy (non-hydrogen) atoms. The lowest BCUT2D eigenvalue weighted by Crippen LogP contribution is -2.14. The second-order valence-electron chi connectivity index (χ2n) is 7.05. The lowest BCUT2D eigenvalue weighted by Gasteiger charge is -2.12. The summed E-state index contributed by atoms with van der Waals surface area (Å²) < 4.78 is 28.5. The number of benzene rings is 2. The predicted molar refractivity (Wildman–Crippen MR) is 120 cm³/mol. The molecule has 0 N–H and O–H groups in total. The van der Waals surface area contributed by atoms with Crippen molar-refractivity contribution in [2.75, 3.05) is 12.0 Å². The molecule has 3 rings (SSSR count). The molecule has 0 unspecified atom stereocenters. The molecular weight excluding hydrogens is 445 g/mol. The highest BCUT2D eigenvalue weighted by Gasteiger charge is 2.15. The summed E-state index contributed by atoms with van der Waals surface area (Å²) in [7, 11) is -3.39. The summed E-state index contributed by atoms with van der Waals surface area (Å²) in [5.41, 5.74) is 3.58. The third-order valence-electron chi connectivity index (χ3n) is 4.40. The van der Waals surface area contributed by atoms with Gasteiger partial charge in [-0.05, 0) is 60.9 Å². The smallest absolute Gasteiger partial charge is 0.238 e. The molecule has 5 nitrogen and oxygen atoms in total. The number of aromatic nitrogens is 1. The number of carbonyl (C=O) groups excluding carboxylic acids is 1. The van der Waals surface area contributed by atoms with Crippen LogP contribution < -0.4 is 4.74 Å². The van der Waals surface area contributed by atoms with Gasteiger partial charge in [0.2, 0.25) is 5.88 Å². The van der Waals surface area contributed by atoms with Gasteiger partial charge in [-0.25, -0.2) is 13.4 Å². The van der Waals surface area contributed by atoms with Gasteiger partial charge in [-0.1, -0.05) is 35.3 Å². The molecule has 0 aliphatic carbocycles. The van der Waals surface area contributed by atoms with Gasteiger partial charge in [-0.15, -0.1) is 0 Å². The Balaban J connectivity index is 1.86. The molecular formula is C22H19Cl2NO4S. The SMILES string of the molecule is Cc1cc(Cl)ccc1Oc1ncc(-c2ccc(C(=O)CS(C)(=O)=O)cc2C)cc1Cl. The Morgan fingerprint density at radius 1 is 1.03 bits per heavy atom. The molecule has 0 saturated heterocycles. The largest absolute Gasteiger partial charge is 0.437 e. The number of ketones is 1. The molecule has 0 amide bonds. The van der Waals surface area contributed by atoms with Crippen molar-refractivity contribution in [3.63, 3.8) is 0 Å². The number of Topliss-reactive ketones (excluding diaryl/α,β-unsaturated/α-hetero) is 1. The zero-order chi connectivity index (χ0) is 22.1. The second kappa shape index (κ2) is 8.76. The Morgan fingerprint density at radius 2 is 1.77 bits per heavy atom. The number of pyridine rings is 1. The zero-order valence-electron chi connectivity index (χ0n) is 16.6. The number of hydrogen-bond donors (Lipinski definition) is 0. The summed E-state index contributed by atoms with van der Waals surface area (Å²) >= 11 is 12.4. The Bertz CT molecular complexity index is 1240. The topological polar surface area (TPSA) is 73.3 Å². The second-order valence-corrected chi connectivity index (χ2v) is 10.0. The minimum atomic E-state index is -3.39. The van der Waals surface area contributed by atoms with Crippen molar-refractivity contribution in [3.8, 4) is 22.8 Å². The van der Waals surface area contributed by atoms with Crippen molar-refractivity contribution < 1.29 is 17.9 Å². The molecule has 0 aliphatic rings. The summed E-state index contributed by atoms with van der Waals surface area (Å²) in [6, 6.07) is 12.0. The first kappa shape index (κ1) is 22.3. The molecule has 156 valence electrons. The number of hydrogen-bond acceptors (Lipinski definition) is 5. The van der Waals surface area contributed by atoms with Crippen molar-refractivity contribution >= 4 is 38.8 Å². The van der Waals surface area contributed by atoms with Gasteiger partial charge in [0.25, 0.3) is 0 Å². The van der Waals surface area contributed by atoms with Crippen LogP contribution in [0.1, 0.15) is 21.5 Å². The number of rotatable bonds is 6. The molecule has 0 saturated carbocycles. The highest BCUT2D eigenvalue weighted by Crippen LogP contribution is 2.34. The highest BCUT2D eigenvalue weighted by atomic mass is 35.5. The third kappa shape index (κ3) is 5.39. The van der Waals surface area contributed by atoms with Crippen LogP contribution in [0, 0.1) is 13.8 Å². The molecule has 0 radical (unpaired) electrons. The molecule has 1 heterocycles. The highest BCUT2D eigenvalue weighted by molar-refractivity contribution is 7.91. The number of aryl methyl sites for hydroxylation is 2. The van der Waals surface area contributed by atoms with Crippen molar-refractivity contribution in [2.45, 2.75) is 13.8 Å². The van der Waals surface area contributed by atoms with E-state index in [2.05, 4.69) is 4.98 Å². The molecule has 1 aromatic heterocycles. The van der Waals surface area contributed by atoms with Gasteiger partial charge < -0.3 is 4.74 Å². The molecule has 3 aromatic rings. The quantitative estimate of drug-likeness (QED) is 0.438. The van der Waals surface area contributed by atoms with E-state index in [1.54, 1.807) is 48.7 Å². The number of carbonyl (C=O) groups is 1. The molecule has 0 aliphatic heterocycles. The van der Waals surface area contributed by atoms with Gasteiger partial charge in [-0.3, -0.25) is 4.79 Å². The average Bonchev–Trinajstić information content (AvgIpc) is 2.64. The summed E-state index contributed by atoms with van der Waals surface area (Å²) in [6.07, 6.45) is 2.67. The maximum atomic E-state index is 12.1. The molecule has 2 aromatic carbocycles. The van der Waals surface area contributed by atoms with E-state index in [1.165, 1.54) is 0 Å². The fourth-order valence-electron chi connectivity index (χ4n) is 2.96. The van der Waals surface area contributed by atoms with E-state index >= 15 is 0 Å². The summed E-state index contributed by atoms with van der Waals surface area (Å²) in [6.45, 7) is 3.71. The van der Waals surface area contributed by atoms with Crippen molar-refractivity contribution in [3.05, 3.63) is 75.4 Å². The summed E-state index contributed by atoms with van der Waals surface area (Å²) in [5.74, 6) is -0.0877. The van der Waals surface area contributed by atoms with E-state index < -0.39 is 21.4 Å². The first-order valence-corrected chi connectivity index (χ1v) is 11.8. The zero-order valence-corrected chi connectivity index (χ0v) is 18.9. The van der Waals surface area contributed by atoms with E-state index in [1.807, 2.05) is 13.8 Å². The normalized spacial score (nSPS) is 11.4. The van der Waals surface area contributed by atoms with Crippen LogP contribution in [-0.4, -0.2) is 31.2 Å². The van der Waals surface area contributed by atoms with Crippen LogP contribution in [0.5, 0.6) is 11.6 Å². The third-order valence-corrected chi connectivity index (χ3v) is 5.70. The van der Waals surface area contributed by atoms with Crippen LogP contribution in [0.25, 0.3) is 11.1 Å². The average molecular weight is 464 g/mol. The van der Waals surface area contributed by atoms with E-state index in [9.17, 15) is 13.2 Å². The van der Waals surface area contributed by atoms with Crippen molar-refractivity contribution in [1.82, 2.24) is 4.98 Å². The van der Waals surface area contributed by atoms with Crippen LogP contribution in [0.2, 0.25) is 10.0 Å². The monoisotopic (exact) mass is 463 g/mol. The summed E-state index contributed by atoms with van der Waals surface area (Å²) in [5, 5.41) is 0.946. The Kier molecular flexibility index (Phi) is 6.50. The first-order valence-electron chi connectivity index (χ1n) is 8.95. The Labute approximate surface area is 185 Å². The number of ether oxygens (including phenoxy) is 1. The van der Waals surface area contributed by atoms with Gasteiger partial charge in [0.15, 0.2) is 15.6 Å². The fourth-order valence-corrected chi connectivity index (χ4v) is 4.04. The van der Waals surface area contributed by atoms with Gasteiger partial charge in [0, 0.05) is 28.6 Å². The van der Waals surface area contributed by atoms with Crippen molar-refractivity contribution in [2.24, 2.45) is 0 Å². The molecule has 0 atom stereocenters. The van der Waals surface area contributed by atoms with Crippen LogP contribution in [0.15, 0.2) is 48.7 Å². The molecule has 0 spiro atoms. The van der Waals surface area contributed by atoms with Gasteiger partial charge in [0.05, 0.1) is 0 Å². The predicted octanol–water partition coefficient (Wildman–Crippen LogP) is 5.69. The number of halogens is 2. The fraction of sp³-hybridized carbons (Fsp3) is 0.182. The van der Waals surface area contributed by atoms with E-state index in [0.717, 1.165) is 28.5 Å². The van der Waals surface area contributed by atoms with Gasteiger partial charge >= 0.3 is 0 Å². The van der Waals surface area contributed by atoms with Crippen LogP contribution in [0.3, 0.4) is 0 Å². The lowest BCUT2D eigenvalue weighted by atomic mass is 9.98. The molecule has 0 fully saturated rings. The van der Waals surface area contributed by atoms with E-state index in [-0.39, 0.29) is 5.88 Å². The standard InChI is InChI=1S/C22H19Cl2NO4S/c1-13-8-15(20(26)12-30(3,27)28)4-6-18(13)16-10-19(24)22(25-11-16)29-21-7-5-17(23)9-14(21)2/h4-11H,12H2,1-3H3. The lowest BCUT2D eigenvalue weighted by molar-refractivity contribution is 0.102. The number of sulfone groups is 1. The van der Waals surface area contributed by atoms with Gasteiger partial charge in [-0.2, -0.15) is 0 Å². The maximum absolute atomic E-state index is 12.1. The maximum Gasteiger partial charge on any atom is 0.238 e. The minimum absolute atomic E-state index is 0.267. The van der Waals surface area contributed by atoms with Crippen LogP contribution in [0.4, 0.5) is 0 Å². The van der Waals surface area contributed by atoms with Crippen LogP contribution in [-0.2, 0) is 9.84 Å². The van der Waals surface area contributed by atoms with E-state index in [4.69, 9.17) is 27.9 Å². The first-order chi connectivity index (χ1) is 14.0. The van der Waals surface area contributed by atoms with Crippen molar-refractivity contribution in [1.29, 1.82) is 0 Å². The van der Waals surface area contributed by atoms with Gasteiger partial charge in [0.1, 0.15) is 16.5 Å². The Hall–Kier alpha value is -2.41. The molecule has 0 bridgehead atoms. The Morgan fingerprint density at radius 3 is 2.37 bits per heavy atom. The van der Waals surface area contributed by atoms with E-state index in [0.29, 0.717) is 21.4 Å².